The summed E-state index contributed by atoms with van der Waals surface area (Å²) in [7, 11) is 0. The third kappa shape index (κ3) is 3.78. The van der Waals surface area contributed by atoms with Gasteiger partial charge >= 0.3 is 0 Å². The maximum atomic E-state index is 9.88. The number of nitrogens with zero attached hydrogens (tertiary/aromatic N) is 3. The van der Waals surface area contributed by atoms with Gasteiger partial charge < -0.3 is 9.55 Å². The van der Waals surface area contributed by atoms with Crippen LogP contribution in [0.25, 0.3) is 33.6 Å². The Kier molecular flexibility index (Phi) is 5.22. The van der Waals surface area contributed by atoms with Crippen molar-refractivity contribution in [1.82, 2.24) is 14.5 Å². The van der Waals surface area contributed by atoms with E-state index in [-0.39, 0.29) is 0 Å². The zero-order valence-corrected chi connectivity index (χ0v) is 18.7. The maximum Gasteiger partial charge on any atom is 0.149 e. The van der Waals surface area contributed by atoms with Crippen LogP contribution in [0.2, 0.25) is 10.0 Å². The highest BCUT2D eigenvalue weighted by Gasteiger charge is 2.12. The van der Waals surface area contributed by atoms with E-state index in [0.29, 0.717) is 28.0 Å². The third-order valence-corrected chi connectivity index (χ3v) is 6.21. The lowest BCUT2D eigenvalue weighted by Gasteiger charge is -2.06. The molecular weight excluding hydrogens is 439 g/mol. The molecule has 32 heavy (non-hydrogen) atoms. The van der Waals surface area contributed by atoms with Crippen LogP contribution in [-0.2, 0) is 6.54 Å². The van der Waals surface area contributed by atoms with Crippen molar-refractivity contribution in [2.45, 2.75) is 13.5 Å². The first-order valence-corrected chi connectivity index (χ1v) is 10.9. The van der Waals surface area contributed by atoms with Crippen LogP contribution in [0.3, 0.4) is 0 Å². The van der Waals surface area contributed by atoms with E-state index in [1.54, 1.807) is 0 Å². The number of H-pyrrole nitrogens is 1. The number of aromatic amines is 1. The van der Waals surface area contributed by atoms with E-state index >= 15 is 0 Å². The minimum Gasteiger partial charge on any atom is -0.342 e. The van der Waals surface area contributed by atoms with Crippen LogP contribution in [0.1, 0.15) is 22.5 Å². The van der Waals surface area contributed by atoms with Crippen molar-refractivity contribution in [2.75, 3.05) is 0 Å². The number of hydrogen-bond donors (Lipinski definition) is 1. The van der Waals surface area contributed by atoms with Crippen molar-refractivity contribution in [2.24, 2.45) is 0 Å². The van der Waals surface area contributed by atoms with Gasteiger partial charge in [0.2, 0.25) is 0 Å². The number of imidazole rings is 1. The fourth-order valence-corrected chi connectivity index (χ4v) is 4.24. The van der Waals surface area contributed by atoms with E-state index < -0.39 is 0 Å². The molecule has 0 saturated heterocycles. The molecule has 2 heterocycles. The average molecular weight is 457 g/mol. The number of aromatic nitrogens is 3. The molecule has 0 fully saturated rings. The largest absolute Gasteiger partial charge is 0.342 e. The van der Waals surface area contributed by atoms with Gasteiger partial charge in [-0.25, -0.2) is 4.98 Å². The summed E-state index contributed by atoms with van der Waals surface area (Å²) in [4.78, 5) is 7.89. The molecule has 0 spiro atoms. The molecule has 0 aliphatic heterocycles. The zero-order chi connectivity index (χ0) is 22.2. The van der Waals surface area contributed by atoms with Crippen LogP contribution in [0.5, 0.6) is 0 Å². The molecule has 6 heteroatoms. The van der Waals surface area contributed by atoms with Crippen molar-refractivity contribution < 1.29 is 0 Å². The molecule has 5 aromatic rings. The third-order valence-electron chi connectivity index (χ3n) is 5.47. The summed E-state index contributed by atoms with van der Waals surface area (Å²) in [5, 5.41) is 12.0. The molecule has 156 valence electrons. The molecule has 0 amide bonds. The Hall–Kier alpha value is -3.52. The second-order valence-electron chi connectivity index (χ2n) is 7.75. The number of allylic oxidation sites excluding steroid dienone is 1. The molecule has 0 unspecified atom stereocenters. The molecule has 0 saturated carbocycles. The van der Waals surface area contributed by atoms with E-state index in [1.165, 1.54) is 0 Å². The van der Waals surface area contributed by atoms with Crippen molar-refractivity contribution in [1.29, 1.82) is 5.26 Å². The number of benzene rings is 3. The van der Waals surface area contributed by atoms with Gasteiger partial charge in [-0.1, -0.05) is 53.5 Å². The SMILES string of the molecule is Cc1ccc2nc(/C(C#N)=C/c3cn(Cc4ccc(Cl)c(Cl)c4)c4ccccc34)[nH]c2c1. The number of rotatable bonds is 4. The van der Waals surface area contributed by atoms with Crippen LogP contribution in [0.15, 0.2) is 66.9 Å². The summed E-state index contributed by atoms with van der Waals surface area (Å²) in [6, 6.07) is 22.1. The van der Waals surface area contributed by atoms with Crippen LogP contribution in [0.4, 0.5) is 0 Å². The number of nitriles is 1. The van der Waals surface area contributed by atoms with Gasteiger partial charge in [0.25, 0.3) is 0 Å². The summed E-state index contributed by atoms with van der Waals surface area (Å²) in [5.74, 6) is 0.564. The number of fused-ring (bicyclic) bond motifs is 2. The van der Waals surface area contributed by atoms with Crippen molar-refractivity contribution in [3.05, 3.63) is 99.4 Å². The molecule has 5 rings (SSSR count). The monoisotopic (exact) mass is 456 g/mol. The van der Waals surface area contributed by atoms with E-state index in [2.05, 4.69) is 38.9 Å². The van der Waals surface area contributed by atoms with Gasteiger partial charge in [-0.05, 0) is 54.5 Å². The first-order valence-electron chi connectivity index (χ1n) is 10.1. The molecule has 0 bridgehead atoms. The normalized spacial score (nSPS) is 11.9. The van der Waals surface area contributed by atoms with Gasteiger partial charge in [-0.3, -0.25) is 0 Å². The number of hydrogen-bond acceptors (Lipinski definition) is 2. The number of aryl methyl sites for hydroxylation is 1. The molecule has 0 radical (unpaired) electrons. The lowest BCUT2D eigenvalue weighted by atomic mass is 10.1. The Labute approximate surface area is 195 Å². The minimum absolute atomic E-state index is 0.483. The predicted octanol–water partition coefficient (Wildman–Crippen LogP) is 7.25. The molecule has 2 aromatic heterocycles. The summed E-state index contributed by atoms with van der Waals surface area (Å²) >= 11 is 12.3. The summed E-state index contributed by atoms with van der Waals surface area (Å²) < 4.78 is 2.15. The lowest BCUT2D eigenvalue weighted by molar-refractivity contribution is 0.836. The average Bonchev–Trinajstić information content (AvgIpc) is 3.36. The van der Waals surface area contributed by atoms with Gasteiger partial charge in [0.05, 0.1) is 26.7 Å². The fraction of sp³-hybridized carbons (Fsp3) is 0.0769. The van der Waals surface area contributed by atoms with Crippen molar-refractivity contribution >= 4 is 56.8 Å². The van der Waals surface area contributed by atoms with Crippen LogP contribution < -0.4 is 0 Å². The summed E-state index contributed by atoms with van der Waals surface area (Å²) in [6.45, 7) is 2.67. The van der Waals surface area contributed by atoms with E-state index in [1.807, 2.05) is 61.5 Å². The summed E-state index contributed by atoms with van der Waals surface area (Å²) in [5.41, 5.74) is 6.45. The molecule has 0 atom stereocenters. The molecule has 4 nitrogen and oxygen atoms in total. The van der Waals surface area contributed by atoms with E-state index in [0.717, 1.165) is 38.6 Å². The Morgan fingerprint density at radius 3 is 2.75 bits per heavy atom. The zero-order valence-electron chi connectivity index (χ0n) is 17.2. The van der Waals surface area contributed by atoms with Crippen molar-refractivity contribution in [3.63, 3.8) is 0 Å². The Bertz CT molecular complexity index is 1550. The van der Waals surface area contributed by atoms with E-state index in [9.17, 15) is 5.26 Å². The highest BCUT2D eigenvalue weighted by molar-refractivity contribution is 6.42. The molecular formula is C26H18Cl2N4. The standard InChI is InChI=1S/C26H18Cl2N4/c1-16-6-9-23-24(10-16)31-26(30-23)18(13-29)12-19-15-32(25-5-3-2-4-20(19)25)14-17-7-8-21(27)22(28)11-17/h2-12,15H,14H2,1H3,(H,30,31)/b18-12+. The van der Waals surface area contributed by atoms with Crippen LogP contribution in [0, 0.1) is 18.3 Å². The van der Waals surface area contributed by atoms with E-state index in [4.69, 9.17) is 23.2 Å². The molecule has 0 aliphatic rings. The van der Waals surface area contributed by atoms with Gasteiger partial charge in [-0.2, -0.15) is 5.26 Å². The molecule has 1 N–H and O–H groups in total. The van der Waals surface area contributed by atoms with Crippen LogP contribution in [-0.4, -0.2) is 14.5 Å². The Balaban J connectivity index is 1.59. The highest BCUT2D eigenvalue weighted by Crippen LogP contribution is 2.28. The fourth-order valence-electron chi connectivity index (χ4n) is 3.92. The van der Waals surface area contributed by atoms with Gasteiger partial charge in [0, 0.05) is 29.2 Å². The first kappa shape index (κ1) is 20.4. The highest BCUT2D eigenvalue weighted by atomic mass is 35.5. The van der Waals surface area contributed by atoms with Crippen LogP contribution >= 0.6 is 23.2 Å². The van der Waals surface area contributed by atoms with Gasteiger partial charge in [0.15, 0.2) is 0 Å². The molecule has 0 aliphatic carbocycles. The predicted molar refractivity (Wildman–Crippen MR) is 132 cm³/mol. The smallest absolute Gasteiger partial charge is 0.149 e. The first-order chi connectivity index (χ1) is 15.5. The number of nitrogens with one attached hydrogen (secondary N) is 1. The number of halogens is 2. The van der Waals surface area contributed by atoms with Gasteiger partial charge in [-0.15, -0.1) is 0 Å². The second-order valence-corrected chi connectivity index (χ2v) is 8.57. The lowest BCUT2D eigenvalue weighted by Crippen LogP contribution is -1.97. The number of para-hydroxylation sites is 1. The van der Waals surface area contributed by atoms with Crippen molar-refractivity contribution in [3.8, 4) is 6.07 Å². The van der Waals surface area contributed by atoms with Gasteiger partial charge in [0.1, 0.15) is 11.9 Å². The Morgan fingerprint density at radius 2 is 1.94 bits per heavy atom. The second kappa shape index (κ2) is 8.20. The minimum atomic E-state index is 0.483. The topological polar surface area (TPSA) is 57.4 Å². The Morgan fingerprint density at radius 1 is 1.09 bits per heavy atom. The maximum absolute atomic E-state index is 9.88. The summed E-state index contributed by atoms with van der Waals surface area (Å²) in [6.07, 6.45) is 3.94. The quantitative estimate of drug-likeness (QED) is 0.289. The molecule has 3 aromatic carbocycles.